The standard InChI is InChI=1S/C14H9F3O2/c1-8(18)14-11(17)3-2-4-12(14)19-13-7-9(15)5-6-10(13)16/h2-7H,1H3. The Bertz CT molecular complexity index is 639. The summed E-state index contributed by atoms with van der Waals surface area (Å²) in [5.74, 6) is -3.41. The number of benzene rings is 2. The third-order valence-electron chi connectivity index (χ3n) is 2.44. The summed E-state index contributed by atoms with van der Waals surface area (Å²) in [5.41, 5.74) is -0.300. The minimum Gasteiger partial charge on any atom is -0.453 e. The van der Waals surface area contributed by atoms with E-state index < -0.39 is 29.0 Å². The fraction of sp³-hybridized carbons (Fsp3) is 0.0714. The van der Waals surface area contributed by atoms with Gasteiger partial charge in [-0.05, 0) is 31.2 Å². The van der Waals surface area contributed by atoms with Gasteiger partial charge < -0.3 is 4.74 Å². The summed E-state index contributed by atoms with van der Waals surface area (Å²) in [4.78, 5) is 11.3. The molecule has 0 aromatic heterocycles. The number of hydrogen-bond acceptors (Lipinski definition) is 2. The van der Waals surface area contributed by atoms with E-state index in [0.717, 1.165) is 31.2 Å². The predicted octanol–water partition coefficient (Wildman–Crippen LogP) is 4.10. The Kier molecular flexibility index (Phi) is 3.55. The Morgan fingerprint density at radius 1 is 1.00 bits per heavy atom. The van der Waals surface area contributed by atoms with E-state index in [4.69, 9.17) is 4.74 Å². The predicted molar refractivity (Wildman–Crippen MR) is 62.8 cm³/mol. The lowest BCUT2D eigenvalue weighted by atomic mass is 10.1. The Morgan fingerprint density at radius 2 is 1.74 bits per heavy atom. The van der Waals surface area contributed by atoms with Crippen molar-refractivity contribution in [1.29, 1.82) is 0 Å². The van der Waals surface area contributed by atoms with Crippen LogP contribution >= 0.6 is 0 Å². The molecule has 2 aromatic rings. The van der Waals surface area contributed by atoms with Crippen molar-refractivity contribution in [1.82, 2.24) is 0 Å². The highest BCUT2D eigenvalue weighted by Gasteiger charge is 2.16. The van der Waals surface area contributed by atoms with Crippen LogP contribution in [0, 0.1) is 17.5 Å². The van der Waals surface area contributed by atoms with Crippen molar-refractivity contribution in [2.24, 2.45) is 0 Å². The van der Waals surface area contributed by atoms with E-state index in [-0.39, 0.29) is 11.3 Å². The molecule has 5 heteroatoms. The molecule has 0 amide bonds. The fourth-order valence-corrected chi connectivity index (χ4v) is 1.60. The zero-order chi connectivity index (χ0) is 14.0. The lowest BCUT2D eigenvalue weighted by Crippen LogP contribution is -2.01. The van der Waals surface area contributed by atoms with E-state index in [1.54, 1.807) is 0 Å². The normalized spacial score (nSPS) is 10.3. The van der Waals surface area contributed by atoms with Crippen molar-refractivity contribution in [2.45, 2.75) is 6.92 Å². The van der Waals surface area contributed by atoms with Crippen molar-refractivity contribution >= 4 is 5.78 Å². The third kappa shape index (κ3) is 2.76. The second-order valence-corrected chi connectivity index (χ2v) is 3.85. The molecule has 2 aromatic carbocycles. The average Bonchev–Trinajstić information content (AvgIpc) is 2.33. The van der Waals surface area contributed by atoms with Crippen molar-refractivity contribution in [3.05, 3.63) is 59.4 Å². The van der Waals surface area contributed by atoms with Crippen molar-refractivity contribution in [3.63, 3.8) is 0 Å². The highest BCUT2D eigenvalue weighted by molar-refractivity contribution is 5.97. The molecule has 0 fully saturated rings. The largest absolute Gasteiger partial charge is 0.453 e. The van der Waals surface area contributed by atoms with Crippen LogP contribution in [0.3, 0.4) is 0 Å². The molecule has 0 aliphatic rings. The number of hydrogen-bond donors (Lipinski definition) is 0. The number of Topliss-reactive ketones (excluding diaryl/α,β-unsaturated/α-hetero) is 1. The van der Waals surface area contributed by atoms with Crippen LogP contribution < -0.4 is 4.74 Å². The van der Waals surface area contributed by atoms with Crippen LogP contribution in [0.4, 0.5) is 13.2 Å². The van der Waals surface area contributed by atoms with Crippen LogP contribution in [0.5, 0.6) is 11.5 Å². The molecular formula is C14H9F3O2. The van der Waals surface area contributed by atoms with Gasteiger partial charge in [0.05, 0.1) is 5.56 Å². The zero-order valence-electron chi connectivity index (χ0n) is 9.91. The summed E-state index contributed by atoms with van der Waals surface area (Å²) >= 11 is 0. The summed E-state index contributed by atoms with van der Waals surface area (Å²) in [6.45, 7) is 1.16. The van der Waals surface area contributed by atoms with E-state index in [1.807, 2.05) is 0 Å². The third-order valence-corrected chi connectivity index (χ3v) is 2.44. The molecular weight excluding hydrogens is 257 g/mol. The topological polar surface area (TPSA) is 26.3 Å². The summed E-state index contributed by atoms with van der Waals surface area (Å²) in [6, 6.07) is 6.35. The molecule has 0 aliphatic carbocycles. The minimum absolute atomic E-state index is 0.156. The van der Waals surface area contributed by atoms with Gasteiger partial charge in [-0.15, -0.1) is 0 Å². The smallest absolute Gasteiger partial charge is 0.166 e. The number of ketones is 1. The Morgan fingerprint density at radius 3 is 2.42 bits per heavy atom. The molecule has 2 rings (SSSR count). The first kappa shape index (κ1) is 13.1. The molecule has 98 valence electrons. The van der Waals surface area contributed by atoms with Crippen LogP contribution in [0.1, 0.15) is 17.3 Å². The van der Waals surface area contributed by atoms with Crippen LogP contribution in [0.15, 0.2) is 36.4 Å². The van der Waals surface area contributed by atoms with Gasteiger partial charge in [0, 0.05) is 6.07 Å². The van der Waals surface area contributed by atoms with Gasteiger partial charge in [0.15, 0.2) is 17.3 Å². The van der Waals surface area contributed by atoms with E-state index in [0.29, 0.717) is 0 Å². The molecule has 0 atom stereocenters. The van der Waals surface area contributed by atoms with Crippen LogP contribution in [0.2, 0.25) is 0 Å². The quantitative estimate of drug-likeness (QED) is 0.782. The summed E-state index contributed by atoms with van der Waals surface area (Å²) < 4.78 is 45.0. The second kappa shape index (κ2) is 5.14. The molecule has 0 saturated heterocycles. The lowest BCUT2D eigenvalue weighted by Gasteiger charge is -2.10. The first-order chi connectivity index (χ1) is 8.99. The number of carbonyl (C=O) groups excluding carboxylic acids is 1. The summed E-state index contributed by atoms with van der Waals surface area (Å²) in [5, 5.41) is 0. The number of ether oxygens (including phenoxy) is 1. The molecule has 0 unspecified atom stereocenters. The maximum Gasteiger partial charge on any atom is 0.166 e. The highest BCUT2D eigenvalue weighted by Crippen LogP contribution is 2.29. The van der Waals surface area contributed by atoms with Crippen molar-refractivity contribution < 1.29 is 22.7 Å². The van der Waals surface area contributed by atoms with Crippen LogP contribution in [-0.2, 0) is 0 Å². The van der Waals surface area contributed by atoms with Gasteiger partial charge in [-0.2, -0.15) is 0 Å². The second-order valence-electron chi connectivity index (χ2n) is 3.85. The summed E-state index contributed by atoms with van der Waals surface area (Å²) in [6.07, 6.45) is 0. The maximum absolute atomic E-state index is 13.5. The van der Waals surface area contributed by atoms with E-state index in [1.165, 1.54) is 12.1 Å². The van der Waals surface area contributed by atoms with E-state index >= 15 is 0 Å². The molecule has 0 bridgehead atoms. The molecule has 0 N–H and O–H groups in total. The maximum atomic E-state index is 13.5. The molecule has 0 heterocycles. The highest BCUT2D eigenvalue weighted by atomic mass is 19.1. The first-order valence-electron chi connectivity index (χ1n) is 5.41. The van der Waals surface area contributed by atoms with Gasteiger partial charge >= 0.3 is 0 Å². The number of carbonyl (C=O) groups is 1. The number of halogens is 3. The monoisotopic (exact) mass is 266 g/mol. The Balaban J connectivity index is 2.46. The van der Waals surface area contributed by atoms with Crippen molar-refractivity contribution in [3.8, 4) is 11.5 Å². The SMILES string of the molecule is CC(=O)c1c(F)cccc1Oc1cc(F)ccc1F. The Hall–Kier alpha value is -2.30. The molecule has 2 nitrogen and oxygen atoms in total. The summed E-state index contributed by atoms with van der Waals surface area (Å²) in [7, 11) is 0. The van der Waals surface area contributed by atoms with Gasteiger partial charge in [-0.1, -0.05) is 6.07 Å². The lowest BCUT2D eigenvalue weighted by molar-refractivity contribution is 0.101. The van der Waals surface area contributed by atoms with Gasteiger partial charge in [-0.25, -0.2) is 13.2 Å². The van der Waals surface area contributed by atoms with Crippen LogP contribution in [0.25, 0.3) is 0 Å². The van der Waals surface area contributed by atoms with E-state index in [2.05, 4.69) is 0 Å². The first-order valence-corrected chi connectivity index (χ1v) is 5.41. The van der Waals surface area contributed by atoms with Gasteiger partial charge in [0.1, 0.15) is 17.4 Å². The van der Waals surface area contributed by atoms with Crippen LogP contribution in [-0.4, -0.2) is 5.78 Å². The average molecular weight is 266 g/mol. The molecule has 0 radical (unpaired) electrons. The molecule has 0 aliphatic heterocycles. The fourth-order valence-electron chi connectivity index (χ4n) is 1.60. The van der Waals surface area contributed by atoms with Crippen molar-refractivity contribution in [2.75, 3.05) is 0 Å². The zero-order valence-corrected chi connectivity index (χ0v) is 9.91. The van der Waals surface area contributed by atoms with Gasteiger partial charge in [0.25, 0.3) is 0 Å². The molecule has 19 heavy (non-hydrogen) atoms. The van der Waals surface area contributed by atoms with Gasteiger partial charge in [0.2, 0.25) is 0 Å². The number of rotatable bonds is 3. The van der Waals surface area contributed by atoms with E-state index in [9.17, 15) is 18.0 Å². The molecule has 0 saturated carbocycles. The molecule has 0 spiro atoms. The minimum atomic E-state index is -0.805. The van der Waals surface area contributed by atoms with Gasteiger partial charge in [-0.3, -0.25) is 4.79 Å². The Labute approximate surface area is 107 Å².